The van der Waals surface area contributed by atoms with Gasteiger partial charge in [-0.05, 0) is 48.4 Å². The lowest BCUT2D eigenvalue weighted by Crippen LogP contribution is -2.18. The van der Waals surface area contributed by atoms with E-state index in [0.29, 0.717) is 29.1 Å². The molecule has 132 valence electrons. The number of rotatable bonds is 3. The molecule has 0 fully saturated rings. The molecule has 0 spiro atoms. The number of nitrogens with zero attached hydrogens (tertiary/aromatic N) is 2. The van der Waals surface area contributed by atoms with Crippen LogP contribution < -0.4 is 10.6 Å². The third-order valence-electron chi connectivity index (χ3n) is 4.30. The number of nitrogens with one attached hydrogen (secondary N) is 2. The highest BCUT2D eigenvalue weighted by molar-refractivity contribution is 7.14. The Labute approximate surface area is 159 Å². The maximum Gasteiger partial charge on any atom is 0.257 e. The van der Waals surface area contributed by atoms with Crippen LogP contribution in [0.4, 0.5) is 10.8 Å². The SMILES string of the molecule is N#Cc1ccc(C(=O)Nc2nc(-c3ccc4c(c3)CCC(=O)N4)cs2)cc1. The van der Waals surface area contributed by atoms with Crippen LogP contribution in [0.3, 0.4) is 0 Å². The minimum absolute atomic E-state index is 0.0386. The Hall–Kier alpha value is -3.50. The molecule has 27 heavy (non-hydrogen) atoms. The van der Waals surface area contributed by atoms with Gasteiger partial charge in [0, 0.05) is 28.6 Å². The van der Waals surface area contributed by atoms with Crippen LogP contribution in [0.1, 0.15) is 27.9 Å². The van der Waals surface area contributed by atoms with Gasteiger partial charge in [-0.25, -0.2) is 4.98 Å². The smallest absolute Gasteiger partial charge is 0.257 e. The molecule has 4 rings (SSSR count). The molecule has 6 nitrogen and oxygen atoms in total. The molecule has 0 saturated carbocycles. The second-order valence-electron chi connectivity index (χ2n) is 6.10. The van der Waals surface area contributed by atoms with Crippen molar-refractivity contribution in [1.29, 1.82) is 5.26 Å². The Morgan fingerprint density at radius 1 is 1.19 bits per heavy atom. The Kier molecular flexibility index (Phi) is 4.40. The second kappa shape index (κ2) is 7.02. The lowest BCUT2D eigenvalue weighted by atomic mass is 9.99. The van der Waals surface area contributed by atoms with E-state index in [9.17, 15) is 9.59 Å². The van der Waals surface area contributed by atoms with Gasteiger partial charge in [0.25, 0.3) is 5.91 Å². The number of aromatic nitrogens is 1. The van der Waals surface area contributed by atoms with Crippen LogP contribution >= 0.6 is 11.3 Å². The number of benzene rings is 2. The zero-order valence-electron chi connectivity index (χ0n) is 14.2. The molecule has 0 radical (unpaired) electrons. The van der Waals surface area contributed by atoms with Crippen molar-refractivity contribution in [3.63, 3.8) is 0 Å². The van der Waals surface area contributed by atoms with E-state index in [-0.39, 0.29) is 11.8 Å². The van der Waals surface area contributed by atoms with Crippen molar-refractivity contribution in [1.82, 2.24) is 4.98 Å². The maximum atomic E-state index is 12.3. The molecule has 1 aliphatic heterocycles. The van der Waals surface area contributed by atoms with Gasteiger partial charge in [-0.15, -0.1) is 11.3 Å². The summed E-state index contributed by atoms with van der Waals surface area (Å²) in [7, 11) is 0. The summed E-state index contributed by atoms with van der Waals surface area (Å²) >= 11 is 1.35. The number of carbonyl (C=O) groups is 2. The second-order valence-corrected chi connectivity index (χ2v) is 6.96. The Balaban J connectivity index is 1.51. The largest absolute Gasteiger partial charge is 0.326 e. The topological polar surface area (TPSA) is 94.9 Å². The van der Waals surface area contributed by atoms with Gasteiger partial charge in [-0.1, -0.05) is 6.07 Å². The molecular formula is C20H14N4O2S. The van der Waals surface area contributed by atoms with Gasteiger partial charge in [-0.3, -0.25) is 14.9 Å². The number of aryl methyl sites for hydroxylation is 1. The number of hydrogen-bond acceptors (Lipinski definition) is 5. The molecule has 0 unspecified atom stereocenters. The normalized spacial score (nSPS) is 12.6. The zero-order chi connectivity index (χ0) is 18.8. The van der Waals surface area contributed by atoms with Crippen molar-refractivity contribution < 1.29 is 9.59 Å². The van der Waals surface area contributed by atoms with Gasteiger partial charge in [0.2, 0.25) is 5.91 Å². The molecule has 0 bridgehead atoms. The third kappa shape index (κ3) is 3.57. The highest BCUT2D eigenvalue weighted by atomic mass is 32.1. The van der Waals surface area contributed by atoms with Crippen molar-refractivity contribution in [2.24, 2.45) is 0 Å². The third-order valence-corrected chi connectivity index (χ3v) is 5.06. The first-order chi connectivity index (χ1) is 13.1. The molecule has 2 N–H and O–H groups in total. The summed E-state index contributed by atoms with van der Waals surface area (Å²) in [6.45, 7) is 0. The van der Waals surface area contributed by atoms with E-state index in [1.807, 2.05) is 29.6 Å². The Morgan fingerprint density at radius 2 is 2.00 bits per heavy atom. The minimum atomic E-state index is -0.270. The number of hydrogen-bond donors (Lipinski definition) is 2. The molecule has 1 aliphatic rings. The van der Waals surface area contributed by atoms with Crippen LogP contribution in [0.15, 0.2) is 47.8 Å². The minimum Gasteiger partial charge on any atom is -0.326 e. The fraction of sp³-hybridized carbons (Fsp3) is 0.100. The fourth-order valence-corrected chi connectivity index (χ4v) is 3.59. The van der Waals surface area contributed by atoms with Crippen LogP contribution in [-0.4, -0.2) is 16.8 Å². The van der Waals surface area contributed by atoms with E-state index in [1.165, 1.54) is 11.3 Å². The zero-order valence-corrected chi connectivity index (χ0v) is 15.0. The highest BCUT2D eigenvalue weighted by Crippen LogP contribution is 2.30. The predicted molar refractivity (Wildman–Crippen MR) is 104 cm³/mol. The molecule has 2 aromatic carbocycles. The lowest BCUT2D eigenvalue weighted by Gasteiger charge is -2.17. The van der Waals surface area contributed by atoms with Crippen LogP contribution in [0.5, 0.6) is 0 Å². The van der Waals surface area contributed by atoms with Crippen molar-refractivity contribution in [2.75, 3.05) is 10.6 Å². The number of anilines is 2. The van der Waals surface area contributed by atoms with Gasteiger partial charge in [0.1, 0.15) is 0 Å². The molecule has 3 aromatic rings. The van der Waals surface area contributed by atoms with Crippen LogP contribution in [0, 0.1) is 11.3 Å². The summed E-state index contributed by atoms with van der Waals surface area (Å²) in [6, 6.07) is 14.3. The van der Waals surface area contributed by atoms with E-state index in [0.717, 1.165) is 22.5 Å². The summed E-state index contributed by atoms with van der Waals surface area (Å²) in [5.41, 5.74) is 4.62. The summed E-state index contributed by atoms with van der Waals surface area (Å²) in [5.74, 6) is -0.231. The lowest BCUT2D eigenvalue weighted by molar-refractivity contribution is -0.116. The van der Waals surface area contributed by atoms with Crippen molar-refractivity contribution >= 4 is 34.0 Å². The number of nitriles is 1. The number of thiazole rings is 1. The summed E-state index contributed by atoms with van der Waals surface area (Å²) in [4.78, 5) is 28.3. The standard InChI is InChI=1S/C20H14N4O2S/c21-10-12-1-3-13(4-2-12)19(26)24-20-23-17(11-27-20)15-5-7-16-14(9-15)6-8-18(25)22-16/h1-5,7,9,11H,6,8H2,(H,22,25)(H,23,24,26). The summed E-state index contributed by atoms with van der Waals surface area (Å²) in [6.07, 6.45) is 1.20. The van der Waals surface area contributed by atoms with Crippen LogP contribution in [-0.2, 0) is 11.2 Å². The monoisotopic (exact) mass is 374 g/mol. The van der Waals surface area contributed by atoms with Crippen LogP contribution in [0.25, 0.3) is 11.3 Å². The van der Waals surface area contributed by atoms with Gasteiger partial charge < -0.3 is 5.32 Å². The average molecular weight is 374 g/mol. The van der Waals surface area contributed by atoms with Gasteiger partial charge in [0.15, 0.2) is 5.13 Å². The number of fused-ring (bicyclic) bond motifs is 1. The van der Waals surface area contributed by atoms with E-state index in [1.54, 1.807) is 24.3 Å². The van der Waals surface area contributed by atoms with Crippen molar-refractivity contribution in [3.8, 4) is 17.3 Å². The summed E-state index contributed by atoms with van der Waals surface area (Å²) < 4.78 is 0. The van der Waals surface area contributed by atoms with E-state index >= 15 is 0 Å². The Bertz CT molecular complexity index is 1080. The highest BCUT2D eigenvalue weighted by Gasteiger charge is 2.16. The fourth-order valence-electron chi connectivity index (χ4n) is 2.87. The predicted octanol–water partition coefficient (Wildman–Crippen LogP) is 3.82. The number of amides is 2. The van der Waals surface area contributed by atoms with E-state index in [4.69, 9.17) is 5.26 Å². The quantitative estimate of drug-likeness (QED) is 0.729. The summed E-state index contributed by atoms with van der Waals surface area (Å²) in [5, 5.41) is 16.9. The average Bonchev–Trinajstić information content (AvgIpc) is 3.16. The molecule has 0 saturated heterocycles. The van der Waals surface area contributed by atoms with Gasteiger partial charge in [-0.2, -0.15) is 5.26 Å². The van der Waals surface area contributed by atoms with Gasteiger partial charge in [0.05, 0.1) is 17.3 Å². The molecule has 1 aromatic heterocycles. The maximum absolute atomic E-state index is 12.3. The first-order valence-electron chi connectivity index (χ1n) is 8.32. The number of carbonyl (C=O) groups excluding carboxylic acids is 2. The molecule has 2 heterocycles. The van der Waals surface area contributed by atoms with E-state index in [2.05, 4.69) is 15.6 Å². The first kappa shape index (κ1) is 16.9. The molecule has 0 atom stereocenters. The van der Waals surface area contributed by atoms with Gasteiger partial charge >= 0.3 is 0 Å². The van der Waals surface area contributed by atoms with Crippen molar-refractivity contribution in [3.05, 3.63) is 64.5 Å². The Morgan fingerprint density at radius 3 is 2.78 bits per heavy atom. The van der Waals surface area contributed by atoms with E-state index < -0.39 is 0 Å². The first-order valence-corrected chi connectivity index (χ1v) is 9.20. The molecule has 0 aliphatic carbocycles. The molecular weight excluding hydrogens is 360 g/mol. The van der Waals surface area contributed by atoms with Crippen molar-refractivity contribution in [2.45, 2.75) is 12.8 Å². The van der Waals surface area contributed by atoms with Crippen LogP contribution in [0.2, 0.25) is 0 Å². The molecule has 7 heteroatoms. The molecule has 2 amide bonds.